The molecule has 0 saturated carbocycles. The highest BCUT2D eigenvalue weighted by atomic mass is 19.1. The molecule has 0 bridgehead atoms. The minimum atomic E-state index is -1.35. The lowest BCUT2D eigenvalue weighted by Crippen LogP contribution is -2.06. The molecule has 0 saturated heterocycles. The fraction of sp³-hybridized carbons (Fsp3) is 0.182. The molecule has 0 radical (unpaired) electrons. The molecule has 1 heterocycles. The Morgan fingerprint density at radius 2 is 2.19 bits per heavy atom. The Balaban J connectivity index is 2.48. The van der Waals surface area contributed by atoms with Crippen LogP contribution < -0.4 is 0 Å². The molecule has 0 fully saturated rings. The molecule has 2 aromatic rings. The number of halogens is 2. The first kappa shape index (κ1) is 14.5. The molecule has 10 heteroatoms. The highest BCUT2D eigenvalue weighted by molar-refractivity contribution is 5.85. The van der Waals surface area contributed by atoms with Crippen LogP contribution in [0.3, 0.4) is 0 Å². The van der Waals surface area contributed by atoms with Gasteiger partial charge in [0, 0.05) is 0 Å². The zero-order valence-electron chi connectivity index (χ0n) is 10.5. The van der Waals surface area contributed by atoms with Crippen LogP contribution in [0.2, 0.25) is 0 Å². The van der Waals surface area contributed by atoms with Gasteiger partial charge >= 0.3 is 11.7 Å². The molecule has 0 aliphatic rings. The summed E-state index contributed by atoms with van der Waals surface area (Å²) < 4.78 is 36.4. The van der Waals surface area contributed by atoms with Gasteiger partial charge in [-0.05, 0) is 18.1 Å². The van der Waals surface area contributed by atoms with E-state index in [1.54, 1.807) is 6.92 Å². The molecule has 1 aromatic carbocycles. The summed E-state index contributed by atoms with van der Waals surface area (Å²) in [5.74, 6) is -4.40. The highest BCUT2D eigenvalue weighted by Gasteiger charge is 2.25. The number of nitrogens with zero attached hydrogens (tertiary/aromatic N) is 3. The van der Waals surface area contributed by atoms with Gasteiger partial charge in [0.1, 0.15) is 5.82 Å². The Morgan fingerprint density at radius 1 is 1.48 bits per heavy atom. The fourth-order valence-electron chi connectivity index (χ4n) is 1.47. The Labute approximate surface area is 115 Å². The standard InChI is InChI=1S/C11H7F2N3O5/c1-2-20-11(17)9-14-10(21-15-9)6-3-5(12)4-7(8(6)13)16(18)19/h3-4H,2H2,1H3. The van der Waals surface area contributed by atoms with Crippen LogP contribution >= 0.6 is 0 Å². The van der Waals surface area contributed by atoms with Crippen molar-refractivity contribution in [3.63, 3.8) is 0 Å². The number of nitro benzene ring substituents is 1. The summed E-state index contributed by atoms with van der Waals surface area (Å²) in [6, 6.07) is 1.06. The molecule has 21 heavy (non-hydrogen) atoms. The number of esters is 1. The SMILES string of the molecule is CCOC(=O)c1noc(-c2cc(F)cc([N+](=O)[O-])c2F)n1. The topological polar surface area (TPSA) is 108 Å². The third-order valence-corrected chi connectivity index (χ3v) is 2.33. The molecule has 0 aliphatic heterocycles. The number of rotatable bonds is 4. The predicted molar refractivity (Wildman–Crippen MR) is 62.3 cm³/mol. The number of carbonyl (C=O) groups is 1. The third-order valence-electron chi connectivity index (χ3n) is 2.33. The first-order chi connectivity index (χ1) is 9.93. The van der Waals surface area contributed by atoms with Crippen molar-refractivity contribution in [3.05, 3.63) is 39.7 Å². The summed E-state index contributed by atoms with van der Waals surface area (Å²) in [4.78, 5) is 24.4. The lowest BCUT2D eigenvalue weighted by Gasteiger charge is -1.99. The maximum atomic E-state index is 13.9. The van der Waals surface area contributed by atoms with E-state index in [0.29, 0.717) is 12.1 Å². The maximum absolute atomic E-state index is 13.9. The van der Waals surface area contributed by atoms with E-state index in [4.69, 9.17) is 0 Å². The predicted octanol–water partition coefficient (Wildman–Crippen LogP) is 2.10. The second-order valence-corrected chi connectivity index (χ2v) is 3.69. The van der Waals surface area contributed by atoms with Crippen molar-refractivity contribution in [1.82, 2.24) is 10.1 Å². The van der Waals surface area contributed by atoms with Gasteiger partial charge in [-0.2, -0.15) is 9.37 Å². The van der Waals surface area contributed by atoms with Crippen LogP contribution in [0.4, 0.5) is 14.5 Å². The second-order valence-electron chi connectivity index (χ2n) is 3.69. The van der Waals surface area contributed by atoms with E-state index in [9.17, 15) is 23.7 Å². The van der Waals surface area contributed by atoms with Gasteiger partial charge in [-0.15, -0.1) is 0 Å². The molecule has 0 amide bonds. The van der Waals surface area contributed by atoms with Crippen molar-refractivity contribution in [1.29, 1.82) is 0 Å². The van der Waals surface area contributed by atoms with Crippen molar-refractivity contribution in [2.45, 2.75) is 6.92 Å². The van der Waals surface area contributed by atoms with Crippen LogP contribution in [0.15, 0.2) is 16.7 Å². The number of aromatic nitrogens is 2. The largest absolute Gasteiger partial charge is 0.460 e. The molecule has 110 valence electrons. The Hall–Kier alpha value is -2.91. The number of carbonyl (C=O) groups excluding carboxylic acids is 1. The van der Waals surface area contributed by atoms with Crippen LogP contribution in [-0.2, 0) is 4.74 Å². The van der Waals surface area contributed by atoms with Gasteiger partial charge in [0.25, 0.3) is 11.7 Å². The molecular weight excluding hydrogens is 292 g/mol. The summed E-state index contributed by atoms with van der Waals surface area (Å²) in [6.45, 7) is 1.61. The van der Waals surface area contributed by atoms with Gasteiger partial charge in [-0.3, -0.25) is 10.1 Å². The summed E-state index contributed by atoms with van der Waals surface area (Å²) >= 11 is 0. The van der Waals surface area contributed by atoms with E-state index in [0.717, 1.165) is 0 Å². The van der Waals surface area contributed by atoms with Gasteiger partial charge < -0.3 is 9.26 Å². The molecule has 1 aromatic heterocycles. The van der Waals surface area contributed by atoms with Crippen LogP contribution in [0.1, 0.15) is 17.5 Å². The van der Waals surface area contributed by atoms with Crippen LogP contribution in [-0.4, -0.2) is 27.6 Å². The molecule has 0 atom stereocenters. The van der Waals surface area contributed by atoms with E-state index in [2.05, 4.69) is 19.4 Å². The number of nitro groups is 1. The Morgan fingerprint density at radius 3 is 2.81 bits per heavy atom. The lowest BCUT2D eigenvalue weighted by atomic mass is 10.1. The Bertz CT molecular complexity index is 716. The normalized spacial score (nSPS) is 10.4. The molecule has 0 aliphatic carbocycles. The van der Waals surface area contributed by atoms with Crippen molar-refractivity contribution >= 4 is 11.7 Å². The first-order valence-electron chi connectivity index (χ1n) is 5.58. The van der Waals surface area contributed by atoms with Crippen molar-refractivity contribution in [2.75, 3.05) is 6.61 Å². The summed E-state index contributed by atoms with van der Waals surface area (Å²) in [5, 5.41) is 13.9. The van der Waals surface area contributed by atoms with E-state index >= 15 is 0 Å². The zero-order valence-corrected chi connectivity index (χ0v) is 10.5. The first-order valence-corrected chi connectivity index (χ1v) is 5.58. The van der Waals surface area contributed by atoms with Gasteiger partial charge in [0.15, 0.2) is 0 Å². The quantitative estimate of drug-likeness (QED) is 0.483. The average Bonchev–Trinajstić information content (AvgIpc) is 2.90. The minimum absolute atomic E-state index is 0.0580. The molecule has 8 nitrogen and oxygen atoms in total. The number of benzene rings is 1. The fourth-order valence-corrected chi connectivity index (χ4v) is 1.47. The van der Waals surface area contributed by atoms with Gasteiger partial charge in [0.2, 0.25) is 5.82 Å². The molecule has 0 spiro atoms. The smallest absolute Gasteiger partial charge is 0.379 e. The van der Waals surface area contributed by atoms with Gasteiger partial charge in [-0.25, -0.2) is 9.18 Å². The highest BCUT2D eigenvalue weighted by Crippen LogP contribution is 2.29. The average molecular weight is 299 g/mol. The number of ether oxygens (including phenoxy) is 1. The third kappa shape index (κ3) is 2.83. The van der Waals surface area contributed by atoms with E-state index in [-0.39, 0.29) is 6.61 Å². The summed E-state index contributed by atoms with van der Waals surface area (Å²) in [7, 11) is 0. The second kappa shape index (κ2) is 5.61. The molecular formula is C11H7F2N3O5. The summed E-state index contributed by atoms with van der Waals surface area (Å²) in [6.07, 6.45) is 0. The number of hydrogen-bond acceptors (Lipinski definition) is 7. The van der Waals surface area contributed by atoms with E-state index < -0.39 is 45.5 Å². The maximum Gasteiger partial charge on any atom is 0.379 e. The monoisotopic (exact) mass is 299 g/mol. The van der Waals surface area contributed by atoms with E-state index in [1.807, 2.05) is 0 Å². The van der Waals surface area contributed by atoms with Crippen molar-refractivity contribution < 1.29 is 27.8 Å². The Kier molecular flexibility index (Phi) is 3.87. The summed E-state index contributed by atoms with van der Waals surface area (Å²) in [5.41, 5.74) is -1.70. The minimum Gasteiger partial charge on any atom is -0.460 e. The van der Waals surface area contributed by atoms with Crippen molar-refractivity contribution in [3.8, 4) is 11.5 Å². The molecule has 2 rings (SSSR count). The van der Waals surface area contributed by atoms with Gasteiger partial charge in [-0.1, -0.05) is 0 Å². The van der Waals surface area contributed by atoms with Crippen LogP contribution in [0.5, 0.6) is 0 Å². The zero-order chi connectivity index (χ0) is 15.6. The van der Waals surface area contributed by atoms with Crippen molar-refractivity contribution in [2.24, 2.45) is 0 Å². The molecule has 0 N–H and O–H groups in total. The van der Waals surface area contributed by atoms with Crippen LogP contribution in [0, 0.1) is 21.7 Å². The lowest BCUT2D eigenvalue weighted by molar-refractivity contribution is -0.387. The van der Waals surface area contributed by atoms with Crippen LogP contribution in [0.25, 0.3) is 11.5 Å². The van der Waals surface area contributed by atoms with E-state index in [1.165, 1.54) is 0 Å². The number of hydrogen-bond donors (Lipinski definition) is 0. The molecule has 0 unspecified atom stereocenters. The van der Waals surface area contributed by atoms with Gasteiger partial charge in [0.05, 0.1) is 23.2 Å².